The maximum absolute atomic E-state index is 12.1. The molecule has 28 heavy (non-hydrogen) atoms. The van der Waals surface area contributed by atoms with Crippen molar-refractivity contribution in [2.24, 2.45) is 4.99 Å². The lowest BCUT2D eigenvalue weighted by atomic mass is 10.2. The van der Waals surface area contributed by atoms with Crippen LogP contribution in [0, 0.1) is 0 Å². The van der Waals surface area contributed by atoms with Crippen molar-refractivity contribution in [1.29, 1.82) is 0 Å². The van der Waals surface area contributed by atoms with Crippen LogP contribution in [0.15, 0.2) is 23.2 Å². The molecule has 0 aliphatic carbocycles. The molecule has 7 heteroatoms. The molecule has 0 atom stereocenters. The Hall–Kier alpha value is -2.44. The summed E-state index contributed by atoms with van der Waals surface area (Å²) in [5, 5.41) is 6.62. The average Bonchev–Trinajstić information content (AvgIpc) is 2.92. The van der Waals surface area contributed by atoms with Gasteiger partial charge in [-0.2, -0.15) is 0 Å². The number of amides is 1. The number of carbonyl (C=O) groups is 1. The number of methoxy groups -OCH3 is 2. The average molecular weight is 391 g/mol. The summed E-state index contributed by atoms with van der Waals surface area (Å²) in [6.07, 6.45) is 4.90. The Morgan fingerprint density at radius 2 is 2.04 bits per heavy atom. The monoisotopic (exact) mass is 390 g/mol. The van der Waals surface area contributed by atoms with E-state index < -0.39 is 0 Å². The summed E-state index contributed by atoms with van der Waals surface area (Å²) >= 11 is 0. The second-order valence-electron chi connectivity index (χ2n) is 6.82. The Morgan fingerprint density at radius 1 is 1.18 bits per heavy atom. The summed E-state index contributed by atoms with van der Waals surface area (Å²) < 4.78 is 10.8. The van der Waals surface area contributed by atoms with Gasteiger partial charge in [-0.15, -0.1) is 0 Å². The standard InChI is InChI=1S/C21H34N4O3/c1-4-22-21(23-13-9-15-25-14-7-5-6-12-19(25)26)24-16-17-10-8-11-18(27-2)20(17)28-3/h8,10-11H,4-7,9,12-16H2,1-3H3,(H2,22,23,24). The van der Waals surface area contributed by atoms with Gasteiger partial charge < -0.3 is 25.0 Å². The zero-order valence-corrected chi connectivity index (χ0v) is 17.4. The molecule has 0 bridgehead atoms. The van der Waals surface area contributed by atoms with Gasteiger partial charge in [-0.3, -0.25) is 4.79 Å². The lowest BCUT2D eigenvalue weighted by Crippen LogP contribution is -2.39. The molecule has 1 saturated heterocycles. The fourth-order valence-electron chi connectivity index (χ4n) is 3.34. The molecule has 0 saturated carbocycles. The zero-order chi connectivity index (χ0) is 20.2. The van der Waals surface area contributed by atoms with E-state index >= 15 is 0 Å². The van der Waals surface area contributed by atoms with Crippen molar-refractivity contribution in [3.8, 4) is 11.5 Å². The van der Waals surface area contributed by atoms with Crippen molar-refractivity contribution in [3.63, 3.8) is 0 Å². The number of para-hydroxylation sites is 1. The molecule has 1 aromatic carbocycles. The second kappa shape index (κ2) is 12.1. The quantitative estimate of drug-likeness (QED) is 0.385. The summed E-state index contributed by atoms with van der Waals surface area (Å²) in [5.41, 5.74) is 0.967. The molecule has 2 rings (SSSR count). The first kappa shape index (κ1) is 21.9. The van der Waals surface area contributed by atoms with E-state index in [0.29, 0.717) is 30.4 Å². The fourth-order valence-corrected chi connectivity index (χ4v) is 3.34. The van der Waals surface area contributed by atoms with Gasteiger partial charge in [0.2, 0.25) is 5.91 Å². The van der Waals surface area contributed by atoms with E-state index in [-0.39, 0.29) is 0 Å². The Labute approximate surface area is 168 Å². The van der Waals surface area contributed by atoms with Gasteiger partial charge in [0.1, 0.15) is 0 Å². The molecule has 2 N–H and O–H groups in total. The second-order valence-corrected chi connectivity index (χ2v) is 6.82. The van der Waals surface area contributed by atoms with Crippen LogP contribution in [0.1, 0.15) is 44.6 Å². The number of benzene rings is 1. The third kappa shape index (κ3) is 6.62. The van der Waals surface area contributed by atoms with Gasteiger partial charge in [0.15, 0.2) is 17.5 Å². The number of carbonyl (C=O) groups excluding carboxylic acids is 1. The first-order valence-corrected chi connectivity index (χ1v) is 10.2. The molecule has 0 radical (unpaired) electrons. The number of hydrogen-bond donors (Lipinski definition) is 2. The first-order chi connectivity index (χ1) is 13.7. The van der Waals surface area contributed by atoms with E-state index in [1.54, 1.807) is 14.2 Å². The van der Waals surface area contributed by atoms with Gasteiger partial charge in [0.05, 0.1) is 20.8 Å². The van der Waals surface area contributed by atoms with Crippen molar-refractivity contribution < 1.29 is 14.3 Å². The summed E-state index contributed by atoms with van der Waals surface area (Å²) in [7, 11) is 3.27. The zero-order valence-electron chi connectivity index (χ0n) is 17.4. The highest BCUT2D eigenvalue weighted by Gasteiger charge is 2.15. The van der Waals surface area contributed by atoms with Crippen molar-refractivity contribution in [2.45, 2.75) is 45.6 Å². The Kier molecular flexibility index (Phi) is 9.45. The lowest BCUT2D eigenvalue weighted by Gasteiger charge is -2.20. The first-order valence-electron chi connectivity index (χ1n) is 10.2. The number of aliphatic imine (C=N–C) groups is 1. The van der Waals surface area contributed by atoms with Gasteiger partial charge in [-0.1, -0.05) is 18.6 Å². The van der Waals surface area contributed by atoms with Gasteiger partial charge in [-0.05, 0) is 32.3 Å². The Bertz CT molecular complexity index is 649. The summed E-state index contributed by atoms with van der Waals surface area (Å²) in [4.78, 5) is 18.7. The van der Waals surface area contributed by atoms with Crippen LogP contribution in [-0.2, 0) is 11.3 Å². The van der Waals surface area contributed by atoms with E-state index in [0.717, 1.165) is 63.4 Å². The van der Waals surface area contributed by atoms with Gasteiger partial charge in [0, 0.05) is 38.2 Å². The smallest absolute Gasteiger partial charge is 0.222 e. The van der Waals surface area contributed by atoms with Crippen LogP contribution >= 0.6 is 0 Å². The van der Waals surface area contributed by atoms with Gasteiger partial charge >= 0.3 is 0 Å². The molecular weight excluding hydrogens is 356 g/mol. The summed E-state index contributed by atoms with van der Waals surface area (Å²) in [6.45, 7) is 5.77. The van der Waals surface area contributed by atoms with E-state index in [2.05, 4.69) is 15.6 Å². The largest absolute Gasteiger partial charge is 0.493 e. The van der Waals surface area contributed by atoms with Crippen molar-refractivity contribution in [1.82, 2.24) is 15.5 Å². The minimum absolute atomic E-state index is 0.295. The maximum atomic E-state index is 12.1. The highest BCUT2D eigenvalue weighted by molar-refractivity contribution is 5.79. The molecule has 1 aliphatic heterocycles. The van der Waals surface area contributed by atoms with Crippen LogP contribution in [0.5, 0.6) is 11.5 Å². The molecule has 1 heterocycles. The highest BCUT2D eigenvalue weighted by atomic mass is 16.5. The molecule has 156 valence electrons. The predicted octanol–water partition coefficient (Wildman–Crippen LogP) is 2.55. The molecule has 0 aromatic heterocycles. The molecular formula is C21H34N4O3. The van der Waals surface area contributed by atoms with Crippen LogP contribution in [0.3, 0.4) is 0 Å². The number of rotatable bonds is 9. The van der Waals surface area contributed by atoms with E-state index in [4.69, 9.17) is 9.47 Å². The van der Waals surface area contributed by atoms with Crippen LogP contribution in [0.4, 0.5) is 0 Å². The van der Waals surface area contributed by atoms with Crippen molar-refractivity contribution in [2.75, 3.05) is 40.4 Å². The van der Waals surface area contributed by atoms with Crippen LogP contribution in [0.2, 0.25) is 0 Å². The number of nitrogens with one attached hydrogen (secondary N) is 2. The predicted molar refractivity (Wildman–Crippen MR) is 112 cm³/mol. The fraction of sp³-hybridized carbons (Fsp3) is 0.619. The highest BCUT2D eigenvalue weighted by Crippen LogP contribution is 2.31. The molecule has 0 spiro atoms. The van der Waals surface area contributed by atoms with E-state index in [1.807, 2.05) is 30.0 Å². The minimum atomic E-state index is 0.295. The van der Waals surface area contributed by atoms with Crippen LogP contribution < -0.4 is 20.1 Å². The molecule has 1 aliphatic rings. The molecule has 0 unspecified atom stereocenters. The number of hydrogen-bond acceptors (Lipinski definition) is 4. The van der Waals surface area contributed by atoms with Crippen LogP contribution in [-0.4, -0.2) is 57.2 Å². The van der Waals surface area contributed by atoms with Gasteiger partial charge in [-0.25, -0.2) is 4.99 Å². The van der Waals surface area contributed by atoms with Crippen molar-refractivity contribution >= 4 is 11.9 Å². The van der Waals surface area contributed by atoms with Crippen LogP contribution in [0.25, 0.3) is 0 Å². The Balaban J connectivity index is 1.88. The molecule has 1 amide bonds. The van der Waals surface area contributed by atoms with E-state index in [1.165, 1.54) is 0 Å². The van der Waals surface area contributed by atoms with Gasteiger partial charge in [0.25, 0.3) is 0 Å². The number of nitrogens with zero attached hydrogens (tertiary/aromatic N) is 2. The molecule has 1 fully saturated rings. The molecule has 1 aromatic rings. The third-order valence-corrected chi connectivity index (χ3v) is 4.80. The Morgan fingerprint density at radius 3 is 2.79 bits per heavy atom. The van der Waals surface area contributed by atoms with Crippen molar-refractivity contribution in [3.05, 3.63) is 23.8 Å². The summed E-state index contributed by atoms with van der Waals surface area (Å²) in [5.74, 6) is 2.47. The third-order valence-electron chi connectivity index (χ3n) is 4.80. The number of ether oxygens (including phenoxy) is 2. The topological polar surface area (TPSA) is 75.2 Å². The normalized spacial score (nSPS) is 15.2. The summed E-state index contributed by atoms with van der Waals surface area (Å²) in [6, 6.07) is 5.80. The van der Waals surface area contributed by atoms with E-state index in [9.17, 15) is 4.79 Å². The maximum Gasteiger partial charge on any atom is 0.222 e. The SMILES string of the molecule is CCNC(=NCc1cccc(OC)c1OC)NCCCN1CCCCCC1=O. The minimum Gasteiger partial charge on any atom is -0.493 e. The molecule has 7 nitrogen and oxygen atoms in total. The number of likely N-dealkylation sites (tertiary alicyclic amines) is 1. The number of guanidine groups is 1. The lowest BCUT2D eigenvalue weighted by molar-refractivity contribution is -0.130.